The second-order valence-corrected chi connectivity index (χ2v) is 8.61. The molecule has 0 atom stereocenters. The Balaban J connectivity index is 1.39. The summed E-state index contributed by atoms with van der Waals surface area (Å²) < 4.78 is 5.32. The van der Waals surface area contributed by atoms with E-state index in [0.717, 1.165) is 18.6 Å². The molecule has 27 heavy (non-hydrogen) atoms. The molecule has 2 saturated heterocycles. The lowest BCUT2D eigenvalue weighted by Gasteiger charge is -2.35. The monoisotopic (exact) mass is 390 g/mol. The van der Waals surface area contributed by atoms with E-state index in [1.165, 1.54) is 16.0 Å². The predicted molar refractivity (Wildman–Crippen MR) is 108 cm³/mol. The van der Waals surface area contributed by atoms with Crippen molar-refractivity contribution in [3.8, 4) is 0 Å². The number of piperidine rings is 1. The Morgan fingerprint density at radius 2 is 1.74 bits per heavy atom. The minimum Gasteiger partial charge on any atom is -0.378 e. The lowest BCUT2D eigenvalue weighted by molar-refractivity contribution is -0.143. The molecular formula is C21H30N2O3S. The first-order valence-electron chi connectivity index (χ1n) is 9.89. The molecular weight excluding hydrogens is 360 g/mol. The Morgan fingerprint density at radius 1 is 1.04 bits per heavy atom. The molecule has 1 aromatic carbocycles. The van der Waals surface area contributed by atoms with Crippen LogP contribution in [-0.2, 0) is 14.3 Å². The SMILES string of the molecule is Cc1ccc(SCCC(=O)N2CCC(C(=O)N3CCOCC3)CC2)cc1C. The molecule has 0 aliphatic carbocycles. The van der Waals surface area contributed by atoms with Crippen molar-refractivity contribution in [2.75, 3.05) is 45.1 Å². The van der Waals surface area contributed by atoms with Crippen molar-refractivity contribution >= 4 is 23.6 Å². The Bertz CT molecular complexity index is 665. The van der Waals surface area contributed by atoms with E-state index in [2.05, 4.69) is 32.0 Å². The maximum atomic E-state index is 12.6. The lowest BCUT2D eigenvalue weighted by Crippen LogP contribution is -2.47. The Kier molecular flexibility index (Phi) is 7.19. The molecule has 2 amide bonds. The van der Waals surface area contributed by atoms with Crippen molar-refractivity contribution < 1.29 is 14.3 Å². The first-order chi connectivity index (χ1) is 13.0. The number of likely N-dealkylation sites (tertiary alicyclic amines) is 1. The molecule has 0 N–H and O–H groups in total. The summed E-state index contributed by atoms with van der Waals surface area (Å²) in [5.41, 5.74) is 2.59. The number of hydrogen-bond acceptors (Lipinski definition) is 4. The van der Waals surface area contributed by atoms with Crippen LogP contribution < -0.4 is 0 Å². The van der Waals surface area contributed by atoms with E-state index in [4.69, 9.17) is 4.74 Å². The maximum absolute atomic E-state index is 12.6. The van der Waals surface area contributed by atoms with Crippen LogP contribution in [0.5, 0.6) is 0 Å². The summed E-state index contributed by atoms with van der Waals surface area (Å²) >= 11 is 1.74. The molecule has 1 aromatic rings. The molecule has 0 bridgehead atoms. The van der Waals surface area contributed by atoms with Crippen LogP contribution in [0.3, 0.4) is 0 Å². The lowest BCUT2D eigenvalue weighted by atomic mass is 9.95. The van der Waals surface area contributed by atoms with Gasteiger partial charge in [0, 0.05) is 49.2 Å². The largest absolute Gasteiger partial charge is 0.378 e. The number of morpholine rings is 1. The molecule has 0 radical (unpaired) electrons. The van der Waals surface area contributed by atoms with Crippen LogP contribution in [0.25, 0.3) is 0 Å². The summed E-state index contributed by atoms with van der Waals surface area (Å²) in [5, 5.41) is 0. The average Bonchev–Trinajstić information content (AvgIpc) is 2.71. The van der Waals surface area contributed by atoms with Gasteiger partial charge in [-0.25, -0.2) is 0 Å². The van der Waals surface area contributed by atoms with Crippen LogP contribution in [0.2, 0.25) is 0 Å². The number of carbonyl (C=O) groups is 2. The molecule has 3 rings (SSSR count). The normalized spacial score (nSPS) is 18.6. The highest BCUT2D eigenvalue weighted by molar-refractivity contribution is 7.99. The number of benzene rings is 1. The highest BCUT2D eigenvalue weighted by Gasteiger charge is 2.30. The van der Waals surface area contributed by atoms with Crippen LogP contribution in [0.1, 0.15) is 30.4 Å². The van der Waals surface area contributed by atoms with Gasteiger partial charge in [-0.15, -0.1) is 11.8 Å². The molecule has 5 nitrogen and oxygen atoms in total. The number of carbonyl (C=O) groups excluding carboxylic acids is 2. The summed E-state index contributed by atoms with van der Waals surface area (Å²) in [6.07, 6.45) is 2.12. The zero-order chi connectivity index (χ0) is 19.2. The summed E-state index contributed by atoms with van der Waals surface area (Å²) in [4.78, 5) is 30.1. The van der Waals surface area contributed by atoms with Gasteiger partial charge < -0.3 is 14.5 Å². The van der Waals surface area contributed by atoms with Crippen LogP contribution in [0.4, 0.5) is 0 Å². The van der Waals surface area contributed by atoms with Gasteiger partial charge in [-0.3, -0.25) is 9.59 Å². The first kappa shape index (κ1) is 20.2. The summed E-state index contributed by atoms with van der Waals surface area (Å²) in [6.45, 7) is 8.32. The van der Waals surface area contributed by atoms with Gasteiger partial charge in [0.15, 0.2) is 0 Å². The Morgan fingerprint density at radius 3 is 2.41 bits per heavy atom. The van der Waals surface area contributed by atoms with Crippen LogP contribution >= 0.6 is 11.8 Å². The second kappa shape index (κ2) is 9.60. The van der Waals surface area contributed by atoms with E-state index in [9.17, 15) is 9.59 Å². The van der Waals surface area contributed by atoms with Crippen molar-refractivity contribution in [1.29, 1.82) is 0 Å². The van der Waals surface area contributed by atoms with Gasteiger partial charge >= 0.3 is 0 Å². The summed E-state index contributed by atoms with van der Waals surface area (Å²) in [6, 6.07) is 6.45. The molecule has 2 heterocycles. The van der Waals surface area contributed by atoms with Gasteiger partial charge in [-0.1, -0.05) is 6.07 Å². The number of hydrogen-bond donors (Lipinski definition) is 0. The fourth-order valence-corrected chi connectivity index (χ4v) is 4.57. The van der Waals surface area contributed by atoms with Crippen molar-refractivity contribution in [1.82, 2.24) is 9.80 Å². The Hall–Kier alpha value is -1.53. The van der Waals surface area contributed by atoms with E-state index in [1.807, 2.05) is 9.80 Å². The van der Waals surface area contributed by atoms with Crippen LogP contribution in [-0.4, -0.2) is 66.8 Å². The summed E-state index contributed by atoms with van der Waals surface area (Å²) in [5.74, 6) is 1.32. The third-order valence-electron chi connectivity index (χ3n) is 5.58. The standard InChI is InChI=1S/C21H30N2O3S/c1-16-3-4-19(15-17(16)2)27-14-7-20(24)22-8-5-18(6-9-22)21(25)23-10-12-26-13-11-23/h3-4,15,18H,5-14H2,1-2H3. The topological polar surface area (TPSA) is 49.9 Å². The van der Waals surface area contributed by atoms with Crippen molar-refractivity contribution in [3.63, 3.8) is 0 Å². The van der Waals surface area contributed by atoms with E-state index >= 15 is 0 Å². The molecule has 0 saturated carbocycles. The molecule has 148 valence electrons. The molecule has 0 unspecified atom stereocenters. The minimum absolute atomic E-state index is 0.0667. The molecule has 2 fully saturated rings. The highest BCUT2D eigenvalue weighted by atomic mass is 32.2. The summed E-state index contributed by atoms with van der Waals surface area (Å²) in [7, 11) is 0. The molecule has 0 spiro atoms. The van der Waals surface area contributed by atoms with Gasteiger partial charge in [0.25, 0.3) is 0 Å². The van der Waals surface area contributed by atoms with E-state index in [-0.39, 0.29) is 17.7 Å². The number of aryl methyl sites for hydroxylation is 2. The van der Waals surface area contributed by atoms with Crippen molar-refractivity contribution in [2.24, 2.45) is 5.92 Å². The van der Waals surface area contributed by atoms with Gasteiger partial charge in [-0.2, -0.15) is 0 Å². The van der Waals surface area contributed by atoms with Crippen LogP contribution in [0, 0.1) is 19.8 Å². The zero-order valence-electron chi connectivity index (χ0n) is 16.4. The second-order valence-electron chi connectivity index (χ2n) is 7.44. The Labute approximate surface area is 166 Å². The van der Waals surface area contributed by atoms with E-state index in [1.54, 1.807) is 11.8 Å². The van der Waals surface area contributed by atoms with Gasteiger partial charge in [0.1, 0.15) is 0 Å². The fraction of sp³-hybridized carbons (Fsp3) is 0.619. The van der Waals surface area contributed by atoms with Crippen molar-refractivity contribution in [2.45, 2.75) is 38.0 Å². The quantitative estimate of drug-likeness (QED) is 0.726. The molecule has 2 aliphatic rings. The molecule has 2 aliphatic heterocycles. The first-order valence-corrected chi connectivity index (χ1v) is 10.9. The number of nitrogens with zero attached hydrogens (tertiary/aromatic N) is 2. The van der Waals surface area contributed by atoms with Gasteiger partial charge in [0.05, 0.1) is 13.2 Å². The number of amides is 2. The molecule has 0 aromatic heterocycles. The zero-order valence-corrected chi connectivity index (χ0v) is 17.2. The third kappa shape index (κ3) is 5.48. The highest BCUT2D eigenvalue weighted by Crippen LogP contribution is 2.24. The number of ether oxygens (including phenoxy) is 1. The van der Waals surface area contributed by atoms with E-state index in [0.29, 0.717) is 45.8 Å². The maximum Gasteiger partial charge on any atom is 0.225 e. The van der Waals surface area contributed by atoms with Crippen LogP contribution in [0.15, 0.2) is 23.1 Å². The third-order valence-corrected chi connectivity index (χ3v) is 6.58. The van der Waals surface area contributed by atoms with E-state index < -0.39 is 0 Å². The van der Waals surface area contributed by atoms with Gasteiger partial charge in [0.2, 0.25) is 11.8 Å². The number of thioether (sulfide) groups is 1. The average molecular weight is 391 g/mol. The fourth-order valence-electron chi connectivity index (χ4n) is 3.64. The smallest absolute Gasteiger partial charge is 0.225 e. The van der Waals surface area contributed by atoms with Gasteiger partial charge in [-0.05, 0) is 49.9 Å². The number of rotatable bonds is 5. The minimum atomic E-state index is 0.0667. The van der Waals surface area contributed by atoms with Crippen molar-refractivity contribution in [3.05, 3.63) is 29.3 Å². The predicted octanol–water partition coefficient (Wildman–Crippen LogP) is 2.88. The molecule has 6 heteroatoms.